The molecule has 0 unspecified atom stereocenters. The predicted octanol–water partition coefficient (Wildman–Crippen LogP) is 0.918. The Morgan fingerprint density at radius 1 is 1.33 bits per heavy atom. The first-order valence-corrected chi connectivity index (χ1v) is 4.60. The van der Waals surface area contributed by atoms with Gasteiger partial charge >= 0.3 is 0 Å². The summed E-state index contributed by atoms with van der Waals surface area (Å²) < 4.78 is 1.72. The van der Waals surface area contributed by atoms with Crippen LogP contribution in [-0.4, -0.2) is 21.9 Å². The summed E-state index contributed by atoms with van der Waals surface area (Å²) in [5.41, 5.74) is 4.93. The number of hydrogen-bond donors (Lipinski definition) is 1. The zero-order valence-corrected chi connectivity index (χ0v) is 8.42. The van der Waals surface area contributed by atoms with Gasteiger partial charge in [-0.2, -0.15) is 10.6 Å². The molecule has 0 aliphatic carbocycles. The van der Waals surface area contributed by atoms with E-state index in [4.69, 9.17) is 4.84 Å². The molecule has 0 spiro atoms. The first-order valence-electron chi connectivity index (χ1n) is 4.60. The van der Waals surface area contributed by atoms with Crippen molar-refractivity contribution in [1.82, 2.24) is 20.2 Å². The lowest BCUT2D eigenvalue weighted by Gasteiger charge is -2.04. The molecular weight excluding hydrogens is 192 g/mol. The Morgan fingerprint density at radius 3 is 2.73 bits per heavy atom. The second kappa shape index (κ2) is 4.68. The fourth-order valence-corrected chi connectivity index (χ4v) is 1.26. The van der Waals surface area contributed by atoms with Crippen LogP contribution in [0.25, 0.3) is 5.69 Å². The van der Waals surface area contributed by atoms with E-state index in [0.29, 0.717) is 6.54 Å². The van der Waals surface area contributed by atoms with Crippen LogP contribution in [0.3, 0.4) is 0 Å². The quantitative estimate of drug-likeness (QED) is 0.752. The Kier molecular flexibility index (Phi) is 3.06. The van der Waals surface area contributed by atoms with Crippen molar-refractivity contribution in [3.8, 4) is 5.69 Å². The molecular formula is C10H12N4O. The molecule has 0 fully saturated rings. The molecule has 0 atom stereocenters. The van der Waals surface area contributed by atoms with Crippen LogP contribution in [0, 0.1) is 0 Å². The van der Waals surface area contributed by atoms with E-state index >= 15 is 0 Å². The maximum absolute atomic E-state index is 4.77. The number of rotatable bonds is 4. The second-order valence-electron chi connectivity index (χ2n) is 3.03. The number of aromatic nitrogens is 3. The van der Waals surface area contributed by atoms with Gasteiger partial charge in [-0.25, -0.2) is 9.67 Å². The summed E-state index contributed by atoms with van der Waals surface area (Å²) in [6, 6.07) is 8.01. The lowest BCUT2D eigenvalue weighted by Crippen LogP contribution is -2.10. The molecule has 2 rings (SSSR count). The van der Waals surface area contributed by atoms with Crippen molar-refractivity contribution in [3.63, 3.8) is 0 Å². The Balaban J connectivity index is 2.11. The highest BCUT2D eigenvalue weighted by Crippen LogP contribution is 2.07. The average molecular weight is 204 g/mol. The molecule has 0 radical (unpaired) electrons. The number of hydrogen-bond acceptors (Lipinski definition) is 4. The maximum atomic E-state index is 4.77. The average Bonchev–Trinajstić information content (AvgIpc) is 2.80. The van der Waals surface area contributed by atoms with E-state index < -0.39 is 0 Å². The SMILES string of the molecule is CONCc1ccc(-n2cncn2)cc1. The summed E-state index contributed by atoms with van der Waals surface area (Å²) in [4.78, 5) is 8.66. The van der Waals surface area contributed by atoms with Gasteiger partial charge in [0.2, 0.25) is 0 Å². The van der Waals surface area contributed by atoms with E-state index in [9.17, 15) is 0 Å². The zero-order valence-electron chi connectivity index (χ0n) is 8.42. The van der Waals surface area contributed by atoms with Crippen LogP contribution in [0.5, 0.6) is 0 Å². The largest absolute Gasteiger partial charge is 0.305 e. The molecule has 1 aromatic carbocycles. The summed E-state index contributed by atoms with van der Waals surface area (Å²) in [5, 5.41) is 4.04. The van der Waals surface area contributed by atoms with Crippen LogP contribution < -0.4 is 5.48 Å². The minimum absolute atomic E-state index is 0.689. The molecule has 0 aliphatic rings. The van der Waals surface area contributed by atoms with E-state index in [1.54, 1.807) is 18.1 Å². The molecule has 78 valence electrons. The smallest absolute Gasteiger partial charge is 0.138 e. The lowest BCUT2D eigenvalue weighted by atomic mass is 10.2. The van der Waals surface area contributed by atoms with Gasteiger partial charge in [0.05, 0.1) is 12.8 Å². The van der Waals surface area contributed by atoms with Gasteiger partial charge < -0.3 is 4.84 Å². The van der Waals surface area contributed by atoms with Gasteiger partial charge in [0, 0.05) is 6.54 Å². The molecule has 2 aromatic rings. The van der Waals surface area contributed by atoms with Crippen LogP contribution in [-0.2, 0) is 11.4 Å². The highest BCUT2D eigenvalue weighted by molar-refractivity contribution is 5.33. The summed E-state index contributed by atoms with van der Waals surface area (Å²) in [6.07, 6.45) is 3.18. The molecule has 0 aliphatic heterocycles. The Labute approximate surface area is 87.7 Å². The minimum atomic E-state index is 0.689. The van der Waals surface area contributed by atoms with Crippen molar-refractivity contribution in [2.45, 2.75) is 6.54 Å². The Bertz CT molecular complexity index is 396. The molecule has 0 bridgehead atoms. The summed E-state index contributed by atoms with van der Waals surface area (Å²) >= 11 is 0. The molecule has 5 nitrogen and oxygen atoms in total. The number of nitrogens with one attached hydrogen (secondary N) is 1. The van der Waals surface area contributed by atoms with Gasteiger partial charge in [0.25, 0.3) is 0 Å². The fourth-order valence-electron chi connectivity index (χ4n) is 1.26. The van der Waals surface area contributed by atoms with Crippen molar-refractivity contribution in [2.24, 2.45) is 0 Å². The predicted molar refractivity (Wildman–Crippen MR) is 55.2 cm³/mol. The Hall–Kier alpha value is -1.72. The van der Waals surface area contributed by atoms with Gasteiger partial charge in [-0.15, -0.1) is 0 Å². The monoisotopic (exact) mass is 204 g/mol. The summed E-state index contributed by atoms with van der Waals surface area (Å²) in [7, 11) is 1.60. The zero-order chi connectivity index (χ0) is 10.5. The van der Waals surface area contributed by atoms with Gasteiger partial charge in [0.15, 0.2) is 0 Å². The highest BCUT2D eigenvalue weighted by atomic mass is 16.6. The van der Waals surface area contributed by atoms with Crippen LogP contribution in [0.2, 0.25) is 0 Å². The molecule has 0 saturated carbocycles. The third-order valence-corrected chi connectivity index (χ3v) is 2.04. The van der Waals surface area contributed by atoms with Crippen LogP contribution in [0.4, 0.5) is 0 Å². The van der Waals surface area contributed by atoms with E-state index in [1.165, 1.54) is 6.33 Å². The van der Waals surface area contributed by atoms with Crippen molar-refractivity contribution < 1.29 is 4.84 Å². The molecule has 15 heavy (non-hydrogen) atoms. The Morgan fingerprint density at radius 2 is 2.13 bits per heavy atom. The topological polar surface area (TPSA) is 52.0 Å². The van der Waals surface area contributed by atoms with Gasteiger partial charge in [-0.1, -0.05) is 12.1 Å². The first-order chi connectivity index (χ1) is 7.40. The maximum Gasteiger partial charge on any atom is 0.138 e. The molecule has 5 heteroatoms. The molecule has 1 N–H and O–H groups in total. The molecule has 0 saturated heterocycles. The minimum Gasteiger partial charge on any atom is -0.305 e. The standard InChI is InChI=1S/C10H12N4O/c1-15-13-6-9-2-4-10(5-3-9)14-8-11-7-12-14/h2-5,7-8,13H,6H2,1H3. The van der Waals surface area contributed by atoms with Crippen molar-refractivity contribution in [3.05, 3.63) is 42.5 Å². The van der Waals surface area contributed by atoms with Gasteiger partial charge in [0.1, 0.15) is 12.7 Å². The van der Waals surface area contributed by atoms with Gasteiger partial charge in [-0.05, 0) is 17.7 Å². The molecule has 0 amide bonds. The second-order valence-corrected chi connectivity index (χ2v) is 3.03. The first kappa shape index (κ1) is 9.82. The van der Waals surface area contributed by atoms with Crippen LogP contribution >= 0.6 is 0 Å². The third-order valence-electron chi connectivity index (χ3n) is 2.04. The van der Waals surface area contributed by atoms with E-state index in [0.717, 1.165) is 11.3 Å². The van der Waals surface area contributed by atoms with Crippen LogP contribution in [0.15, 0.2) is 36.9 Å². The number of benzene rings is 1. The third kappa shape index (κ3) is 2.39. The normalized spacial score (nSPS) is 10.5. The fraction of sp³-hybridized carbons (Fsp3) is 0.200. The van der Waals surface area contributed by atoms with Crippen LogP contribution in [0.1, 0.15) is 5.56 Å². The van der Waals surface area contributed by atoms with E-state index in [2.05, 4.69) is 15.6 Å². The van der Waals surface area contributed by atoms with E-state index in [1.807, 2.05) is 24.3 Å². The highest BCUT2D eigenvalue weighted by Gasteiger charge is 1.96. The van der Waals surface area contributed by atoms with Crippen molar-refractivity contribution in [2.75, 3.05) is 7.11 Å². The van der Waals surface area contributed by atoms with E-state index in [-0.39, 0.29) is 0 Å². The lowest BCUT2D eigenvalue weighted by molar-refractivity contribution is 0.0867. The molecule has 1 aromatic heterocycles. The summed E-state index contributed by atoms with van der Waals surface area (Å²) in [6.45, 7) is 0.689. The van der Waals surface area contributed by atoms with Crippen molar-refractivity contribution >= 4 is 0 Å². The summed E-state index contributed by atoms with van der Waals surface area (Å²) in [5.74, 6) is 0. The molecule has 1 heterocycles. The van der Waals surface area contributed by atoms with Crippen molar-refractivity contribution in [1.29, 1.82) is 0 Å². The van der Waals surface area contributed by atoms with Gasteiger partial charge in [-0.3, -0.25) is 0 Å². The number of hydroxylamine groups is 1. The number of nitrogens with zero attached hydrogens (tertiary/aromatic N) is 3.